The molecule has 2 aromatic heterocycles. The number of sulfone groups is 2. The summed E-state index contributed by atoms with van der Waals surface area (Å²) in [6.45, 7) is 0. The molecule has 0 radical (unpaired) electrons. The second-order valence-corrected chi connectivity index (χ2v) is 35.2. The Labute approximate surface area is 604 Å². The lowest BCUT2D eigenvalue weighted by Crippen LogP contribution is -2.24. The topological polar surface area (TPSA) is 85.3 Å². The number of fused-ring (bicyclic) bond motifs is 7. The van der Waals surface area contributed by atoms with Crippen molar-refractivity contribution >= 4 is 103 Å². The molecule has 14 aromatic rings. The fourth-order valence-electron chi connectivity index (χ4n) is 12.7. The first-order valence-electron chi connectivity index (χ1n) is 31.8. The number of halogens is 16. The summed E-state index contributed by atoms with van der Waals surface area (Å²) in [5.41, 5.74) is -0.565. The second-order valence-electron chi connectivity index (χ2n) is 23.7. The third-order valence-corrected chi connectivity index (χ3v) is 31.4. The standard InChI is InChI=1S/C24H21F4O2S2.C19H9F4OS.C18H9F4O2S2.C18H9F4S/c25-19-8-4-9-20(26)23(19)31(24-21(27)10-5-11-22(24)28)16-12-14-18(15-13-16)32(29,30)17-6-2-1-3-7-17;20-12-6-1-4-10-16(24)11-5-2-7-13(21)18(11)25(17(10)12)19-14(22)8-3-9-15(19)23;19-10-4-1-5-11(20)16(10)25-17-12(21)6-2-8-14(17)26(23,24)15-9-3-7-13(22)18(15)25;19-12-6-1-4-10-11-5-2-7-13(20)17(11)23(16(10)12)18-14(21)8-3-9-15(18)22/h4-5,8-15,17H,1-3,6-7H2;1-9H;1-9H;1-9H/q4*+1. The zero-order chi connectivity index (χ0) is 75.4. The molecule has 538 valence electrons. The van der Waals surface area contributed by atoms with Gasteiger partial charge in [-0.2, -0.15) is 0 Å². The van der Waals surface area contributed by atoms with Gasteiger partial charge in [-0.1, -0.05) is 86.0 Å². The van der Waals surface area contributed by atoms with E-state index in [4.69, 9.17) is 0 Å². The van der Waals surface area contributed by atoms with E-state index >= 15 is 0 Å². The van der Waals surface area contributed by atoms with E-state index in [0.717, 1.165) is 122 Å². The van der Waals surface area contributed by atoms with E-state index in [1.54, 1.807) is 12.1 Å². The molecule has 1 saturated carbocycles. The summed E-state index contributed by atoms with van der Waals surface area (Å²) in [5, 5.41) is 0.470. The SMILES string of the molecule is Fc1cccc(F)c1-[s+]1c2c(F)cccc2c2cccc(F)c21.O=S(=O)(c1ccc([S+](c2c(F)cccc2F)c2c(F)cccc2F)cc1)C1CCCCC1.O=S1(=O)c2cccc(F)c2[S+](c2c(F)cccc2F)c2c(F)cccc21.O=c1c2cccc(F)c2[s+](-c2c(F)cccc2F)c2c(F)cccc12. The first-order valence-corrected chi connectivity index (χ1v) is 39.7. The van der Waals surface area contributed by atoms with E-state index in [1.165, 1.54) is 109 Å². The highest BCUT2D eigenvalue weighted by Gasteiger charge is 2.52. The van der Waals surface area contributed by atoms with E-state index in [2.05, 4.69) is 0 Å². The lowest BCUT2D eigenvalue weighted by Gasteiger charge is -2.21. The van der Waals surface area contributed by atoms with Crippen LogP contribution in [-0.4, -0.2) is 22.1 Å². The smallest absolute Gasteiger partial charge is 0.250 e. The molecule has 0 saturated heterocycles. The van der Waals surface area contributed by atoms with E-state index in [0.29, 0.717) is 23.6 Å². The van der Waals surface area contributed by atoms with Gasteiger partial charge in [-0.15, -0.1) is 0 Å². The molecule has 1 aliphatic carbocycles. The molecule has 0 bridgehead atoms. The van der Waals surface area contributed by atoms with Crippen molar-refractivity contribution in [3.8, 4) is 9.79 Å². The molecular weight excluding hydrogens is 1530 g/mol. The average Bonchev–Trinajstić information content (AvgIpc) is 1.02. The Hall–Kier alpha value is -9.77. The molecule has 0 spiro atoms. The second kappa shape index (κ2) is 30.2. The minimum absolute atomic E-state index is 0.0101. The van der Waals surface area contributed by atoms with Crippen LogP contribution in [0.15, 0.2) is 273 Å². The fourth-order valence-corrected chi connectivity index (χ4v) is 26.4. The highest BCUT2D eigenvalue weighted by atomic mass is 32.2. The lowest BCUT2D eigenvalue weighted by molar-refractivity contribution is 0.483. The molecule has 5 nitrogen and oxygen atoms in total. The van der Waals surface area contributed by atoms with Crippen molar-refractivity contribution in [2.24, 2.45) is 0 Å². The largest absolute Gasteiger partial charge is 0.288 e. The maximum Gasteiger partial charge on any atom is 0.250 e. The molecule has 3 heterocycles. The normalized spacial score (nSPS) is 13.6. The van der Waals surface area contributed by atoms with E-state index in [1.807, 2.05) is 0 Å². The highest BCUT2D eigenvalue weighted by molar-refractivity contribution is 8.00. The molecule has 0 unspecified atom stereocenters. The fraction of sp³-hybridized carbons (Fsp3) is 0.0759. The average molecular weight is 1570 g/mol. The minimum atomic E-state index is -4.23. The van der Waals surface area contributed by atoms with Crippen LogP contribution in [0.2, 0.25) is 0 Å². The maximum absolute atomic E-state index is 14.7. The molecule has 16 rings (SSSR count). The van der Waals surface area contributed by atoms with Gasteiger partial charge in [0.05, 0.1) is 31.7 Å². The van der Waals surface area contributed by atoms with Gasteiger partial charge < -0.3 is 0 Å². The van der Waals surface area contributed by atoms with Crippen LogP contribution < -0.4 is 5.43 Å². The Morgan fingerprint density at radius 2 is 0.585 bits per heavy atom. The molecule has 106 heavy (non-hydrogen) atoms. The van der Waals surface area contributed by atoms with Crippen LogP contribution in [0.3, 0.4) is 0 Å². The molecule has 12 aromatic carbocycles. The summed E-state index contributed by atoms with van der Waals surface area (Å²) < 4.78 is 284. The summed E-state index contributed by atoms with van der Waals surface area (Å²) in [5.74, 6) is -13.9. The van der Waals surface area contributed by atoms with Gasteiger partial charge in [0.1, 0.15) is 31.6 Å². The van der Waals surface area contributed by atoms with Crippen LogP contribution in [-0.2, 0) is 41.5 Å². The zero-order valence-electron chi connectivity index (χ0n) is 54.0. The van der Waals surface area contributed by atoms with Gasteiger partial charge in [-0.05, 0) is 171 Å². The monoisotopic (exact) mass is 1570 g/mol. The van der Waals surface area contributed by atoms with Crippen molar-refractivity contribution in [1.82, 2.24) is 0 Å². The van der Waals surface area contributed by atoms with Crippen molar-refractivity contribution in [3.63, 3.8) is 0 Å². The molecular formula is C79H48F16O5S6+4. The highest BCUT2D eigenvalue weighted by Crippen LogP contribution is 2.53. The van der Waals surface area contributed by atoms with Crippen LogP contribution >= 0.6 is 20.9 Å². The van der Waals surface area contributed by atoms with Gasteiger partial charge in [0, 0.05) is 20.9 Å². The third kappa shape index (κ3) is 13.5. The van der Waals surface area contributed by atoms with Gasteiger partial charge in [0.25, 0.3) is 9.79 Å². The van der Waals surface area contributed by atoms with Crippen molar-refractivity contribution in [1.29, 1.82) is 0 Å². The van der Waals surface area contributed by atoms with Crippen LogP contribution in [0.5, 0.6) is 0 Å². The summed E-state index contributed by atoms with van der Waals surface area (Å²) >= 11 is 0. The van der Waals surface area contributed by atoms with Crippen molar-refractivity contribution < 1.29 is 87.1 Å². The Bertz CT molecular complexity index is 5810. The van der Waals surface area contributed by atoms with Crippen molar-refractivity contribution in [2.45, 2.75) is 81.4 Å². The summed E-state index contributed by atoms with van der Waals surface area (Å²) in [6, 6.07) is 44.7. The molecule has 0 atom stereocenters. The molecule has 0 N–H and O–H groups in total. The number of thiophene rings is 1. The van der Waals surface area contributed by atoms with E-state index in [-0.39, 0.29) is 44.3 Å². The molecule has 1 fully saturated rings. The summed E-state index contributed by atoms with van der Waals surface area (Å²) in [7, 11) is -14.7. The number of rotatable bonds is 8. The molecule has 1 aliphatic heterocycles. The van der Waals surface area contributed by atoms with Crippen molar-refractivity contribution in [3.05, 3.63) is 328 Å². The summed E-state index contributed by atoms with van der Waals surface area (Å²) in [6.07, 6.45) is 3.90. The molecule has 27 heteroatoms. The quantitative estimate of drug-likeness (QED) is 0.0860. The van der Waals surface area contributed by atoms with E-state index < -0.39 is 205 Å². The van der Waals surface area contributed by atoms with Crippen LogP contribution in [0, 0.1) is 93.1 Å². The Kier molecular flexibility index (Phi) is 21.3. The predicted molar refractivity (Wildman–Crippen MR) is 379 cm³/mol. The Morgan fingerprint density at radius 1 is 0.311 bits per heavy atom. The van der Waals surface area contributed by atoms with Crippen LogP contribution in [0.4, 0.5) is 70.2 Å². The van der Waals surface area contributed by atoms with Gasteiger partial charge in [0.15, 0.2) is 108 Å². The molecule has 0 amide bonds. The van der Waals surface area contributed by atoms with E-state index in [9.17, 15) is 91.9 Å². The number of benzene rings is 12. The third-order valence-electron chi connectivity index (χ3n) is 17.3. The van der Waals surface area contributed by atoms with Gasteiger partial charge in [-0.3, -0.25) is 4.79 Å². The number of hydrogen-bond donors (Lipinski definition) is 0. The zero-order valence-corrected chi connectivity index (χ0v) is 58.9. The predicted octanol–water partition coefficient (Wildman–Crippen LogP) is 22.9. The lowest BCUT2D eigenvalue weighted by atomic mass is 10.0. The Morgan fingerprint density at radius 3 is 0.934 bits per heavy atom. The Balaban J connectivity index is 0.000000126. The van der Waals surface area contributed by atoms with Gasteiger partial charge in [0.2, 0.25) is 58.5 Å². The van der Waals surface area contributed by atoms with Crippen molar-refractivity contribution in [2.75, 3.05) is 0 Å². The maximum atomic E-state index is 14.7. The first kappa shape index (κ1) is 74.5. The first-order chi connectivity index (χ1) is 50.7. The number of hydrogen-bond acceptors (Lipinski definition) is 5. The van der Waals surface area contributed by atoms with Gasteiger partial charge in [-0.25, -0.2) is 87.1 Å². The van der Waals surface area contributed by atoms with Crippen LogP contribution in [0.25, 0.3) is 50.1 Å². The minimum Gasteiger partial charge on any atom is -0.288 e. The summed E-state index contributed by atoms with van der Waals surface area (Å²) in [4.78, 5) is 8.98. The molecule has 2 aliphatic rings. The van der Waals surface area contributed by atoms with Gasteiger partial charge >= 0.3 is 0 Å². The van der Waals surface area contributed by atoms with Crippen LogP contribution in [0.1, 0.15) is 32.1 Å².